The fraction of sp³-hybridized carbons (Fsp3) is 0.312. The van der Waals surface area contributed by atoms with Gasteiger partial charge in [-0.05, 0) is 26.2 Å². The van der Waals surface area contributed by atoms with Crippen molar-refractivity contribution in [3.05, 3.63) is 41.7 Å². The average Bonchev–Trinajstić information content (AvgIpc) is 3.14. The molecule has 0 bridgehead atoms. The maximum Gasteiger partial charge on any atom is 0.296 e. The van der Waals surface area contributed by atoms with Gasteiger partial charge in [0.05, 0.1) is 5.54 Å². The normalized spacial score (nSPS) is 16.5. The Morgan fingerprint density at radius 1 is 1.09 bits per heavy atom. The first-order valence-electron chi connectivity index (χ1n) is 7.31. The van der Waals surface area contributed by atoms with E-state index in [0.29, 0.717) is 17.5 Å². The minimum atomic E-state index is -0.443. The standard InChI is InChI=1S/C16H16N4O2/c1-10-3-5-11(6-4-10)12-9-13(21-19-12)14-18-15(20-22-14)16(17)7-2-8-16/h3-6,9H,2,7-8,17H2,1H3. The Morgan fingerprint density at radius 3 is 2.55 bits per heavy atom. The minimum absolute atomic E-state index is 0.317. The third-order valence-corrected chi connectivity index (χ3v) is 4.19. The van der Waals surface area contributed by atoms with Crippen molar-refractivity contribution >= 4 is 0 Å². The molecule has 0 spiro atoms. The van der Waals surface area contributed by atoms with Crippen molar-refractivity contribution in [1.82, 2.24) is 15.3 Å². The van der Waals surface area contributed by atoms with E-state index in [1.807, 2.05) is 31.2 Å². The van der Waals surface area contributed by atoms with Gasteiger partial charge in [0.25, 0.3) is 5.89 Å². The van der Waals surface area contributed by atoms with Gasteiger partial charge in [-0.15, -0.1) is 0 Å². The van der Waals surface area contributed by atoms with E-state index in [9.17, 15) is 0 Å². The predicted octanol–water partition coefficient (Wildman–Crippen LogP) is 3.04. The molecule has 1 aliphatic rings. The molecule has 6 nitrogen and oxygen atoms in total. The molecule has 0 saturated heterocycles. The van der Waals surface area contributed by atoms with Crippen LogP contribution in [0.2, 0.25) is 0 Å². The van der Waals surface area contributed by atoms with Crippen LogP contribution in [0.1, 0.15) is 30.7 Å². The Labute approximate surface area is 127 Å². The van der Waals surface area contributed by atoms with E-state index in [4.69, 9.17) is 14.8 Å². The van der Waals surface area contributed by atoms with Crippen LogP contribution in [-0.4, -0.2) is 15.3 Å². The van der Waals surface area contributed by atoms with Gasteiger partial charge < -0.3 is 14.8 Å². The summed E-state index contributed by atoms with van der Waals surface area (Å²) in [5.74, 6) is 1.32. The summed E-state index contributed by atoms with van der Waals surface area (Å²) in [4.78, 5) is 4.36. The van der Waals surface area contributed by atoms with Gasteiger partial charge in [0.1, 0.15) is 5.69 Å². The van der Waals surface area contributed by atoms with E-state index in [1.165, 1.54) is 5.56 Å². The van der Waals surface area contributed by atoms with E-state index in [0.717, 1.165) is 30.5 Å². The highest BCUT2D eigenvalue weighted by Gasteiger charge is 2.39. The highest BCUT2D eigenvalue weighted by molar-refractivity contribution is 5.63. The van der Waals surface area contributed by atoms with Crippen LogP contribution < -0.4 is 5.73 Å². The van der Waals surface area contributed by atoms with Crippen molar-refractivity contribution in [3.63, 3.8) is 0 Å². The molecule has 2 heterocycles. The lowest BCUT2D eigenvalue weighted by Gasteiger charge is -2.34. The molecule has 0 aliphatic heterocycles. The van der Waals surface area contributed by atoms with Crippen molar-refractivity contribution in [1.29, 1.82) is 0 Å². The summed E-state index contributed by atoms with van der Waals surface area (Å²) in [7, 11) is 0. The lowest BCUT2D eigenvalue weighted by molar-refractivity contribution is 0.229. The number of rotatable bonds is 3. The van der Waals surface area contributed by atoms with Crippen molar-refractivity contribution in [2.75, 3.05) is 0 Å². The topological polar surface area (TPSA) is 91.0 Å². The Morgan fingerprint density at radius 2 is 1.86 bits per heavy atom. The van der Waals surface area contributed by atoms with Crippen LogP contribution in [-0.2, 0) is 5.54 Å². The summed E-state index contributed by atoms with van der Waals surface area (Å²) in [5, 5.41) is 8.05. The monoisotopic (exact) mass is 296 g/mol. The molecule has 112 valence electrons. The van der Waals surface area contributed by atoms with Crippen molar-refractivity contribution in [2.45, 2.75) is 31.7 Å². The highest BCUT2D eigenvalue weighted by Crippen LogP contribution is 2.37. The maximum atomic E-state index is 6.19. The Bertz CT molecular complexity index is 800. The van der Waals surface area contributed by atoms with Crippen molar-refractivity contribution in [3.8, 4) is 22.9 Å². The molecule has 0 atom stereocenters. The summed E-state index contributed by atoms with van der Waals surface area (Å²) >= 11 is 0. The van der Waals surface area contributed by atoms with Crippen LogP contribution >= 0.6 is 0 Å². The molecule has 1 saturated carbocycles. The molecule has 1 aliphatic carbocycles. The molecule has 4 rings (SSSR count). The summed E-state index contributed by atoms with van der Waals surface area (Å²) in [5.41, 5.74) is 8.67. The van der Waals surface area contributed by atoms with Crippen LogP contribution in [0.4, 0.5) is 0 Å². The van der Waals surface area contributed by atoms with Gasteiger partial charge >= 0.3 is 0 Å². The molecular weight excluding hydrogens is 280 g/mol. The molecule has 0 unspecified atom stereocenters. The quantitative estimate of drug-likeness (QED) is 0.798. The number of nitrogens with zero attached hydrogens (tertiary/aromatic N) is 3. The molecule has 2 aromatic heterocycles. The summed E-state index contributed by atoms with van der Waals surface area (Å²) in [6.45, 7) is 2.04. The van der Waals surface area contributed by atoms with E-state index in [2.05, 4.69) is 15.3 Å². The summed E-state index contributed by atoms with van der Waals surface area (Å²) < 4.78 is 10.6. The molecule has 6 heteroatoms. The molecule has 1 fully saturated rings. The first-order valence-corrected chi connectivity index (χ1v) is 7.31. The summed E-state index contributed by atoms with van der Waals surface area (Å²) in [6, 6.07) is 9.86. The largest absolute Gasteiger partial charge is 0.350 e. The first-order chi connectivity index (χ1) is 10.6. The number of hydrogen-bond acceptors (Lipinski definition) is 6. The van der Waals surface area contributed by atoms with Gasteiger partial charge in [0, 0.05) is 11.6 Å². The fourth-order valence-corrected chi connectivity index (χ4v) is 2.54. The molecule has 0 radical (unpaired) electrons. The van der Waals surface area contributed by atoms with Gasteiger partial charge in [0.2, 0.25) is 5.76 Å². The lowest BCUT2D eigenvalue weighted by Crippen LogP contribution is -2.44. The zero-order valence-electron chi connectivity index (χ0n) is 12.2. The number of aromatic nitrogens is 3. The van der Waals surface area contributed by atoms with E-state index < -0.39 is 5.54 Å². The number of benzene rings is 1. The van der Waals surface area contributed by atoms with Gasteiger partial charge in [-0.1, -0.05) is 40.1 Å². The maximum absolute atomic E-state index is 6.19. The van der Waals surface area contributed by atoms with Crippen molar-refractivity contribution < 1.29 is 9.05 Å². The smallest absolute Gasteiger partial charge is 0.296 e. The molecular formula is C16H16N4O2. The van der Waals surface area contributed by atoms with E-state index >= 15 is 0 Å². The Hall–Kier alpha value is -2.47. The molecule has 0 amide bonds. The first kappa shape index (κ1) is 13.2. The number of hydrogen-bond donors (Lipinski definition) is 1. The van der Waals surface area contributed by atoms with Crippen LogP contribution in [0.15, 0.2) is 39.4 Å². The van der Waals surface area contributed by atoms with Gasteiger partial charge in [0.15, 0.2) is 5.82 Å². The third-order valence-electron chi connectivity index (χ3n) is 4.19. The van der Waals surface area contributed by atoms with Crippen LogP contribution in [0, 0.1) is 6.92 Å². The van der Waals surface area contributed by atoms with Crippen molar-refractivity contribution in [2.24, 2.45) is 5.73 Å². The second-order valence-electron chi connectivity index (χ2n) is 5.88. The lowest BCUT2D eigenvalue weighted by atomic mass is 9.77. The number of aryl methyl sites for hydroxylation is 1. The third kappa shape index (κ3) is 2.12. The Kier molecular flexibility index (Phi) is 2.87. The van der Waals surface area contributed by atoms with Gasteiger partial charge in [-0.3, -0.25) is 0 Å². The predicted molar refractivity (Wildman–Crippen MR) is 79.7 cm³/mol. The van der Waals surface area contributed by atoms with Gasteiger partial charge in [-0.2, -0.15) is 4.98 Å². The summed E-state index contributed by atoms with van der Waals surface area (Å²) in [6.07, 6.45) is 2.87. The minimum Gasteiger partial charge on any atom is -0.350 e. The van der Waals surface area contributed by atoms with Crippen LogP contribution in [0.5, 0.6) is 0 Å². The average molecular weight is 296 g/mol. The number of nitrogens with two attached hydrogens (primary N) is 1. The molecule has 22 heavy (non-hydrogen) atoms. The fourth-order valence-electron chi connectivity index (χ4n) is 2.54. The highest BCUT2D eigenvalue weighted by atomic mass is 16.5. The molecule has 2 N–H and O–H groups in total. The van der Waals surface area contributed by atoms with E-state index in [1.54, 1.807) is 6.07 Å². The second kappa shape index (κ2) is 4.78. The van der Waals surface area contributed by atoms with Crippen LogP contribution in [0.3, 0.4) is 0 Å². The molecule has 3 aromatic rings. The molecule has 1 aromatic carbocycles. The SMILES string of the molecule is Cc1ccc(-c2cc(-c3nc(C4(N)CCC4)no3)on2)cc1. The zero-order valence-corrected chi connectivity index (χ0v) is 12.2. The zero-order chi connectivity index (χ0) is 15.2. The second-order valence-corrected chi connectivity index (χ2v) is 5.88. The Balaban J connectivity index is 1.63. The van der Waals surface area contributed by atoms with E-state index in [-0.39, 0.29) is 0 Å². The van der Waals surface area contributed by atoms with Crippen LogP contribution in [0.25, 0.3) is 22.9 Å². The van der Waals surface area contributed by atoms with Gasteiger partial charge in [-0.25, -0.2) is 0 Å².